The molecule has 1 nitrogen and oxygen atoms in total. The van der Waals surface area contributed by atoms with Crippen LogP contribution in [0.3, 0.4) is 0 Å². The minimum atomic E-state index is -4.45. The average molecular weight is 372 g/mol. The van der Waals surface area contributed by atoms with Crippen LogP contribution in [0.4, 0.5) is 13.2 Å². The molecular formula is C23H23F3O. The lowest BCUT2D eigenvalue weighted by Crippen LogP contribution is -2.28. The lowest BCUT2D eigenvalue weighted by molar-refractivity contribution is -0.137. The van der Waals surface area contributed by atoms with Gasteiger partial charge in [-0.15, -0.1) is 0 Å². The fraction of sp³-hybridized carbons (Fsp3) is 0.304. The third kappa shape index (κ3) is 4.16. The van der Waals surface area contributed by atoms with Gasteiger partial charge in [0.25, 0.3) is 0 Å². The van der Waals surface area contributed by atoms with E-state index in [9.17, 15) is 18.3 Å². The zero-order valence-electron chi connectivity index (χ0n) is 15.4. The molecule has 0 spiro atoms. The monoisotopic (exact) mass is 372 g/mol. The smallest absolute Gasteiger partial charge is 0.380 e. The van der Waals surface area contributed by atoms with E-state index in [1.165, 1.54) is 6.07 Å². The second kappa shape index (κ2) is 7.35. The quantitative estimate of drug-likeness (QED) is 0.540. The summed E-state index contributed by atoms with van der Waals surface area (Å²) in [5.74, 6) is 0.322. The van der Waals surface area contributed by atoms with E-state index in [4.69, 9.17) is 0 Å². The topological polar surface area (TPSA) is 20.2 Å². The van der Waals surface area contributed by atoms with Gasteiger partial charge in [0.1, 0.15) is 5.60 Å². The lowest BCUT2D eigenvalue weighted by atomic mass is 9.80. The molecule has 0 aliphatic heterocycles. The number of benzene rings is 3. The van der Waals surface area contributed by atoms with Crippen molar-refractivity contribution < 1.29 is 18.3 Å². The SMILES string of the molecule is CC(C)CCC(O)(c1cccc(C(F)(F)F)c1)c1ccc2ccccc2c1. The summed E-state index contributed by atoms with van der Waals surface area (Å²) in [7, 11) is 0. The van der Waals surface area contributed by atoms with Crippen molar-refractivity contribution in [3.8, 4) is 0 Å². The second-order valence-electron chi connectivity index (χ2n) is 7.43. The van der Waals surface area contributed by atoms with Crippen LogP contribution in [0.15, 0.2) is 66.7 Å². The van der Waals surface area contributed by atoms with Crippen molar-refractivity contribution >= 4 is 10.8 Å². The average Bonchev–Trinajstić information content (AvgIpc) is 2.65. The Bertz CT molecular complexity index is 930. The molecule has 142 valence electrons. The maximum Gasteiger partial charge on any atom is 0.416 e. The van der Waals surface area contributed by atoms with Crippen LogP contribution in [-0.2, 0) is 11.8 Å². The van der Waals surface area contributed by atoms with Crippen LogP contribution < -0.4 is 0 Å². The molecule has 0 radical (unpaired) electrons. The molecule has 0 bridgehead atoms. The Morgan fingerprint density at radius 1 is 0.778 bits per heavy atom. The first-order chi connectivity index (χ1) is 12.7. The van der Waals surface area contributed by atoms with Gasteiger partial charge in [0.15, 0.2) is 0 Å². The van der Waals surface area contributed by atoms with E-state index in [2.05, 4.69) is 0 Å². The zero-order chi connectivity index (χ0) is 19.7. The molecule has 27 heavy (non-hydrogen) atoms. The summed E-state index contributed by atoms with van der Waals surface area (Å²) in [5.41, 5.74) is -1.34. The Morgan fingerprint density at radius 3 is 2.07 bits per heavy atom. The Labute approximate surface area is 157 Å². The van der Waals surface area contributed by atoms with E-state index in [0.717, 1.165) is 22.9 Å². The minimum absolute atomic E-state index is 0.272. The van der Waals surface area contributed by atoms with Gasteiger partial charge in [-0.25, -0.2) is 0 Å². The van der Waals surface area contributed by atoms with Gasteiger partial charge >= 0.3 is 6.18 Å². The normalized spacial score (nSPS) is 14.5. The van der Waals surface area contributed by atoms with Crippen molar-refractivity contribution in [3.63, 3.8) is 0 Å². The van der Waals surface area contributed by atoms with Gasteiger partial charge in [0.2, 0.25) is 0 Å². The van der Waals surface area contributed by atoms with Gasteiger partial charge in [-0.1, -0.05) is 62.4 Å². The van der Waals surface area contributed by atoms with Crippen molar-refractivity contribution in [3.05, 3.63) is 83.4 Å². The third-order valence-electron chi connectivity index (χ3n) is 4.98. The summed E-state index contributed by atoms with van der Waals surface area (Å²) < 4.78 is 39.6. The van der Waals surface area contributed by atoms with Gasteiger partial charge in [-0.2, -0.15) is 13.2 Å². The predicted octanol–water partition coefficient (Wildman–Crippen LogP) is 6.53. The molecule has 1 N–H and O–H groups in total. The van der Waals surface area contributed by atoms with Crippen molar-refractivity contribution in [2.75, 3.05) is 0 Å². The van der Waals surface area contributed by atoms with E-state index in [1.54, 1.807) is 6.07 Å². The molecule has 0 aromatic heterocycles. The maximum atomic E-state index is 13.2. The Kier molecular flexibility index (Phi) is 5.29. The Balaban J connectivity index is 2.13. The molecule has 1 unspecified atom stereocenters. The molecular weight excluding hydrogens is 349 g/mol. The highest BCUT2D eigenvalue weighted by Crippen LogP contribution is 2.39. The van der Waals surface area contributed by atoms with Gasteiger partial charge in [0, 0.05) is 0 Å². The van der Waals surface area contributed by atoms with Crippen LogP contribution in [0, 0.1) is 5.92 Å². The van der Waals surface area contributed by atoms with Crippen LogP contribution in [-0.4, -0.2) is 5.11 Å². The minimum Gasteiger partial charge on any atom is -0.380 e. The lowest BCUT2D eigenvalue weighted by Gasteiger charge is -2.31. The fourth-order valence-corrected chi connectivity index (χ4v) is 3.35. The molecule has 1 atom stereocenters. The number of aliphatic hydroxyl groups is 1. The van der Waals surface area contributed by atoms with Crippen LogP contribution >= 0.6 is 0 Å². The van der Waals surface area contributed by atoms with E-state index in [1.807, 2.05) is 56.3 Å². The van der Waals surface area contributed by atoms with Crippen molar-refractivity contribution in [1.29, 1.82) is 0 Å². The summed E-state index contributed by atoms with van der Waals surface area (Å²) >= 11 is 0. The summed E-state index contributed by atoms with van der Waals surface area (Å²) in [5, 5.41) is 13.6. The van der Waals surface area contributed by atoms with Gasteiger partial charge in [-0.3, -0.25) is 0 Å². The maximum absolute atomic E-state index is 13.2. The summed E-state index contributed by atoms with van der Waals surface area (Å²) in [4.78, 5) is 0. The van der Waals surface area contributed by atoms with E-state index in [0.29, 0.717) is 24.3 Å². The largest absolute Gasteiger partial charge is 0.416 e. The molecule has 0 amide bonds. The summed E-state index contributed by atoms with van der Waals surface area (Å²) in [6.07, 6.45) is -3.40. The van der Waals surface area contributed by atoms with Crippen LogP contribution in [0.2, 0.25) is 0 Å². The molecule has 0 saturated carbocycles. The Hall–Kier alpha value is -2.33. The van der Waals surface area contributed by atoms with Crippen LogP contribution in [0.1, 0.15) is 43.4 Å². The first-order valence-electron chi connectivity index (χ1n) is 9.09. The molecule has 3 aromatic rings. The molecule has 3 rings (SSSR count). The second-order valence-corrected chi connectivity index (χ2v) is 7.43. The summed E-state index contributed by atoms with van der Waals surface area (Å²) in [6.45, 7) is 4.07. The molecule has 0 saturated heterocycles. The number of fused-ring (bicyclic) bond motifs is 1. The van der Waals surface area contributed by atoms with Crippen LogP contribution in [0.5, 0.6) is 0 Å². The first kappa shape index (κ1) is 19.4. The predicted molar refractivity (Wildman–Crippen MR) is 102 cm³/mol. The van der Waals surface area contributed by atoms with Crippen LogP contribution in [0.25, 0.3) is 10.8 Å². The standard InChI is InChI=1S/C23H23F3O/c1-16(2)12-13-22(27,19-8-5-9-21(15-19)23(24,25)26)20-11-10-17-6-3-4-7-18(17)14-20/h3-11,14-16,27H,12-13H2,1-2H3. The number of rotatable bonds is 5. The highest BCUT2D eigenvalue weighted by Gasteiger charge is 2.36. The highest BCUT2D eigenvalue weighted by atomic mass is 19.4. The third-order valence-corrected chi connectivity index (χ3v) is 4.98. The van der Waals surface area contributed by atoms with Crippen molar-refractivity contribution in [1.82, 2.24) is 0 Å². The number of alkyl halides is 3. The first-order valence-corrected chi connectivity index (χ1v) is 9.09. The van der Waals surface area contributed by atoms with E-state index >= 15 is 0 Å². The summed E-state index contributed by atoms with van der Waals surface area (Å²) in [6, 6.07) is 18.4. The number of hydrogen-bond donors (Lipinski definition) is 1. The van der Waals surface area contributed by atoms with Crippen molar-refractivity contribution in [2.24, 2.45) is 5.92 Å². The highest BCUT2D eigenvalue weighted by molar-refractivity contribution is 5.83. The zero-order valence-corrected chi connectivity index (χ0v) is 15.4. The molecule has 0 heterocycles. The van der Waals surface area contributed by atoms with Gasteiger partial charge in [0.05, 0.1) is 5.56 Å². The van der Waals surface area contributed by atoms with E-state index in [-0.39, 0.29) is 5.56 Å². The van der Waals surface area contributed by atoms with Gasteiger partial charge in [-0.05, 0) is 58.9 Å². The molecule has 0 aliphatic carbocycles. The van der Waals surface area contributed by atoms with E-state index < -0.39 is 17.3 Å². The molecule has 0 aliphatic rings. The van der Waals surface area contributed by atoms with Crippen molar-refractivity contribution in [2.45, 2.75) is 38.5 Å². The molecule has 3 aromatic carbocycles. The fourth-order valence-electron chi connectivity index (χ4n) is 3.35. The number of hydrogen-bond acceptors (Lipinski definition) is 1. The molecule has 0 fully saturated rings. The van der Waals surface area contributed by atoms with Gasteiger partial charge < -0.3 is 5.11 Å². The number of halogens is 3. The Morgan fingerprint density at radius 2 is 1.41 bits per heavy atom. The molecule has 4 heteroatoms.